The first kappa shape index (κ1) is 23.7. The maximum absolute atomic E-state index is 12.6. The largest absolute Gasteiger partial charge is 0.490 e. The van der Waals surface area contributed by atoms with E-state index < -0.39 is 15.7 Å². The van der Waals surface area contributed by atoms with Gasteiger partial charge in [-0.1, -0.05) is 36.4 Å². The predicted octanol–water partition coefficient (Wildman–Crippen LogP) is 3.85. The zero-order valence-electron chi connectivity index (χ0n) is 18.7. The first-order valence-electron chi connectivity index (χ1n) is 10.4. The van der Waals surface area contributed by atoms with Crippen LogP contribution in [0, 0.1) is 5.41 Å². The standard InChI is InChI=1S/C23H22N4O5S2/c1-4-31-19-13-15(10-11-18(19)32-14(2)16-8-6-5-7-9-16)12-17-20(24)27-22(25-21(17)28)33-23(26-27)34(3,29)30/h5-14,24H,4H2,1-3H3/b17-12-,24-20?/t14-/m1/s1. The Bertz CT molecular complexity index is 1350. The Morgan fingerprint density at radius 1 is 1.18 bits per heavy atom. The number of benzene rings is 2. The number of hydrogen-bond donors (Lipinski definition) is 1. The molecule has 1 amide bonds. The lowest BCUT2D eigenvalue weighted by atomic mass is 10.1. The number of ether oxygens (including phenoxy) is 2. The molecule has 2 aromatic rings. The second-order valence-electron chi connectivity index (χ2n) is 7.47. The van der Waals surface area contributed by atoms with Crippen molar-refractivity contribution in [2.45, 2.75) is 20.0 Å². The van der Waals surface area contributed by atoms with Crippen LogP contribution in [0.2, 0.25) is 0 Å². The summed E-state index contributed by atoms with van der Waals surface area (Å²) in [6, 6.07) is 15.0. The van der Waals surface area contributed by atoms with Gasteiger partial charge in [0.05, 0.1) is 12.2 Å². The molecule has 2 heterocycles. The molecule has 176 valence electrons. The van der Waals surface area contributed by atoms with Gasteiger partial charge in [-0.25, -0.2) is 8.42 Å². The number of nitrogens with one attached hydrogen (secondary N) is 1. The second-order valence-corrected chi connectivity index (χ2v) is 10.6. The van der Waals surface area contributed by atoms with E-state index in [1.807, 2.05) is 44.2 Å². The van der Waals surface area contributed by atoms with Crippen molar-refractivity contribution in [3.63, 3.8) is 0 Å². The van der Waals surface area contributed by atoms with Gasteiger partial charge in [-0.3, -0.25) is 10.2 Å². The monoisotopic (exact) mass is 498 g/mol. The Kier molecular flexibility index (Phi) is 6.58. The van der Waals surface area contributed by atoms with Gasteiger partial charge in [0.2, 0.25) is 19.4 Å². The molecule has 0 aromatic heterocycles. The minimum Gasteiger partial charge on any atom is -0.490 e. The fourth-order valence-electron chi connectivity index (χ4n) is 3.25. The van der Waals surface area contributed by atoms with Crippen LogP contribution in [0.4, 0.5) is 0 Å². The molecule has 2 aromatic carbocycles. The fourth-order valence-corrected chi connectivity index (χ4v) is 4.94. The molecule has 1 atom stereocenters. The van der Waals surface area contributed by atoms with Gasteiger partial charge >= 0.3 is 0 Å². The van der Waals surface area contributed by atoms with Crippen molar-refractivity contribution >= 4 is 49.0 Å². The molecule has 0 bridgehead atoms. The molecule has 9 nitrogen and oxygen atoms in total. The molecule has 0 unspecified atom stereocenters. The summed E-state index contributed by atoms with van der Waals surface area (Å²) in [5.41, 5.74) is 1.59. The number of hydrogen-bond acceptors (Lipinski definition) is 8. The van der Waals surface area contributed by atoms with Gasteiger partial charge in [0.25, 0.3) is 5.91 Å². The summed E-state index contributed by atoms with van der Waals surface area (Å²) in [6.45, 7) is 4.21. The summed E-state index contributed by atoms with van der Waals surface area (Å²) in [4.78, 5) is 16.5. The Labute approximate surface area is 201 Å². The third-order valence-electron chi connectivity index (χ3n) is 4.90. The van der Waals surface area contributed by atoms with Gasteiger partial charge in [-0.2, -0.15) is 10.0 Å². The van der Waals surface area contributed by atoms with E-state index in [-0.39, 0.29) is 27.1 Å². The molecule has 0 saturated carbocycles. The maximum Gasteiger partial charge on any atom is 0.283 e. The third kappa shape index (κ3) is 4.90. The van der Waals surface area contributed by atoms with Crippen molar-refractivity contribution in [2.24, 2.45) is 10.1 Å². The number of carbonyl (C=O) groups excluding carboxylic acids is 1. The number of carbonyl (C=O) groups is 1. The average Bonchev–Trinajstić information content (AvgIpc) is 3.24. The smallest absolute Gasteiger partial charge is 0.283 e. The topological polar surface area (TPSA) is 121 Å². The minimum absolute atomic E-state index is 0.0170. The van der Waals surface area contributed by atoms with Gasteiger partial charge in [0.15, 0.2) is 17.3 Å². The van der Waals surface area contributed by atoms with E-state index in [9.17, 15) is 13.2 Å². The van der Waals surface area contributed by atoms with E-state index in [0.717, 1.165) is 28.6 Å². The molecule has 2 aliphatic heterocycles. The van der Waals surface area contributed by atoms with Crippen LogP contribution >= 0.6 is 11.8 Å². The van der Waals surface area contributed by atoms with Crippen LogP contribution in [0.1, 0.15) is 31.1 Å². The molecule has 0 saturated heterocycles. The molecule has 0 fully saturated rings. The molecule has 1 N–H and O–H groups in total. The number of fused-ring (bicyclic) bond motifs is 1. The summed E-state index contributed by atoms with van der Waals surface area (Å²) < 4.78 is 35.3. The minimum atomic E-state index is -3.59. The van der Waals surface area contributed by atoms with Crippen LogP contribution in [0.5, 0.6) is 11.5 Å². The number of hydrazone groups is 1. The van der Waals surface area contributed by atoms with E-state index in [0.29, 0.717) is 23.7 Å². The van der Waals surface area contributed by atoms with Gasteiger partial charge in [-0.15, -0.1) is 5.10 Å². The predicted molar refractivity (Wildman–Crippen MR) is 133 cm³/mol. The van der Waals surface area contributed by atoms with Crippen LogP contribution in [-0.4, -0.2) is 47.6 Å². The fraction of sp³-hybridized carbons (Fsp3) is 0.217. The van der Waals surface area contributed by atoms with Gasteiger partial charge in [0.1, 0.15) is 6.10 Å². The lowest BCUT2D eigenvalue weighted by Gasteiger charge is -2.20. The number of amidine groups is 2. The highest BCUT2D eigenvalue weighted by Gasteiger charge is 2.38. The Hall–Kier alpha value is -3.44. The lowest BCUT2D eigenvalue weighted by molar-refractivity contribution is -0.114. The van der Waals surface area contributed by atoms with Crippen molar-refractivity contribution in [1.29, 1.82) is 5.41 Å². The Morgan fingerprint density at radius 3 is 2.59 bits per heavy atom. The van der Waals surface area contributed by atoms with Crippen molar-refractivity contribution < 1.29 is 22.7 Å². The number of amides is 1. The molecule has 0 spiro atoms. The second kappa shape index (κ2) is 9.43. The molecular formula is C23H22N4O5S2. The molecule has 2 aliphatic rings. The van der Waals surface area contributed by atoms with Crippen LogP contribution < -0.4 is 9.47 Å². The SMILES string of the molecule is CCOc1cc(/C=C2/C(=N)N3N=C(S(C)(=O)=O)SC3=NC2=O)ccc1O[C@H](C)c1ccccc1. The average molecular weight is 499 g/mol. The van der Waals surface area contributed by atoms with Crippen LogP contribution in [-0.2, 0) is 14.6 Å². The van der Waals surface area contributed by atoms with E-state index in [4.69, 9.17) is 14.9 Å². The highest BCUT2D eigenvalue weighted by Crippen LogP contribution is 2.34. The first-order chi connectivity index (χ1) is 16.2. The molecule has 0 radical (unpaired) electrons. The van der Waals surface area contributed by atoms with Crippen LogP contribution in [0.3, 0.4) is 0 Å². The molecular weight excluding hydrogens is 476 g/mol. The van der Waals surface area contributed by atoms with Crippen molar-refractivity contribution in [2.75, 3.05) is 12.9 Å². The van der Waals surface area contributed by atoms with Gasteiger partial charge in [0, 0.05) is 6.26 Å². The van der Waals surface area contributed by atoms with Crippen molar-refractivity contribution in [1.82, 2.24) is 5.01 Å². The number of thioether (sulfide) groups is 1. The molecule has 4 rings (SSSR count). The Balaban J connectivity index is 1.63. The summed E-state index contributed by atoms with van der Waals surface area (Å²) in [5.74, 6) is 0.138. The summed E-state index contributed by atoms with van der Waals surface area (Å²) in [6.07, 6.45) is 2.30. The zero-order chi connectivity index (χ0) is 24.5. The summed E-state index contributed by atoms with van der Waals surface area (Å²) in [7, 11) is -3.59. The van der Waals surface area contributed by atoms with E-state index in [1.165, 1.54) is 6.08 Å². The van der Waals surface area contributed by atoms with Gasteiger partial charge < -0.3 is 9.47 Å². The molecule has 11 heteroatoms. The maximum atomic E-state index is 12.6. The third-order valence-corrected chi connectivity index (χ3v) is 7.48. The highest BCUT2D eigenvalue weighted by atomic mass is 32.3. The van der Waals surface area contributed by atoms with Crippen molar-refractivity contribution in [3.05, 3.63) is 65.2 Å². The zero-order valence-corrected chi connectivity index (χ0v) is 20.3. The number of nitrogens with zero attached hydrogens (tertiary/aromatic N) is 3. The molecule has 0 aliphatic carbocycles. The normalized spacial score (nSPS) is 17.9. The van der Waals surface area contributed by atoms with E-state index in [2.05, 4.69) is 10.1 Å². The highest BCUT2D eigenvalue weighted by molar-refractivity contribution is 8.42. The molecule has 34 heavy (non-hydrogen) atoms. The number of rotatable bonds is 6. The van der Waals surface area contributed by atoms with Crippen molar-refractivity contribution in [3.8, 4) is 11.5 Å². The number of sulfone groups is 1. The van der Waals surface area contributed by atoms with Crippen LogP contribution in [0.15, 0.2) is 64.2 Å². The van der Waals surface area contributed by atoms with E-state index in [1.54, 1.807) is 18.2 Å². The quantitative estimate of drug-likeness (QED) is 0.601. The summed E-state index contributed by atoms with van der Waals surface area (Å²) in [5, 5.41) is 13.4. The Morgan fingerprint density at radius 2 is 1.91 bits per heavy atom. The number of aliphatic imine (C=N–C) groups is 1. The van der Waals surface area contributed by atoms with Gasteiger partial charge in [-0.05, 0) is 54.9 Å². The summed E-state index contributed by atoms with van der Waals surface area (Å²) >= 11 is 0.745. The first-order valence-corrected chi connectivity index (χ1v) is 13.1. The lowest BCUT2D eigenvalue weighted by Crippen LogP contribution is -2.35. The van der Waals surface area contributed by atoms with E-state index >= 15 is 0 Å². The van der Waals surface area contributed by atoms with Crippen LogP contribution in [0.25, 0.3) is 6.08 Å².